The molecule has 84 heavy (non-hydrogen) atoms. The van der Waals surface area contributed by atoms with Gasteiger partial charge in [0.15, 0.2) is 12.2 Å². The Bertz CT molecular complexity index is 1680. The Labute approximate surface area is 511 Å². The predicted octanol–water partition coefficient (Wildman–Crippen LogP) is 17.8. The third-order valence-electron chi connectivity index (χ3n) is 15.5. The van der Waals surface area contributed by atoms with E-state index in [-0.39, 0.29) is 25.7 Å². The average Bonchev–Trinajstić information content (AvgIpc) is 3.55. The number of unbranched alkanes of at least 4 members (excludes halogenated alkanes) is 26. The summed E-state index contributed by atoms with van der Waals surface area (Å²) in [5.74, 6) is 0.758. The van der Waals surface area contributed by atoms with E-state index in [2.05, 4.69) is 55.4 Å². The molecule has 0 aliphatic rings. The lowest BCUT2D eigenvalue weighted by Gasteiger charge is -2.21. The number of esters is 4. The summed E-state index contributed by atoms with van der Waals surface area (Å²) >= 11 is 0. The summed E-state index contributed by atoms with van der Waals surface area (Å²) in [5, 5.41) is 10.5. The second-order valence-electron chi connectivity index (χ2n) is 24.9. The van der Waals surface area contributed by atoms with Gasteiger partial charge in [0, 0.05) is 25.7 Å². The zero-order valence-corrected chi connectivity index (χ0v) is 56.3. The number of phosphoric ester groups is 2. The lowest BCUT2D eigenvalue weighted by Crippen LogP contribution is -2.30. The van der Waals surface area contributed by atoms with Crippen molar-refractivity contribution in [3.8, 4) is 0 Å². The maximum Gasteiger partial charge on any atom is 0.472 e. The van der Waals surface area contributed by atoms with Gasteiger partial charge in [-0.2, -0.15) is 0 Å². The molecule has 19 heteroatoms. The highest BCUT2D eigenvalue weighted by molar-refractivity contribution is 7.47. The molecule has 4 unspecified atom stereocenters. The minimum Gasteiger partial charge on any atom is -0.462 e. The summed E-state index contributed by atoms with van der Waals surface area (Å²) < 4.78 is 68.0. The first-order chi connectivity index (χ1) is 40.2. The van der Waals surface area contributed by atoms with Crippen LogP contribution in [0.1, 0.15) is 312 Å². The van der Waals surface area contributed by atoms with Crippen molar-refractivity contribution < 1.29 is 80.2 Å². The molecule has 0 spiro atoms. The largest absolute Gasteiger partial charge is 0.472 e. The fourth-order valence-corrected chi connectivity index (χ4v) is 11.1. The van der Waals surface area contributed by atoms with Crippen LogP contribution in [0.4, 0.5) is 0 Å². The molecule has 7 atom stereocenters. The first kappa shape index (κ1) is 82.1. The first-order valence-corrected chi connectivity index (χ1v) is 36.8. The van der Waals surface area contributed by atoms with Crippen molar-refractivity contribution >= 4 is 39.5 Å². The van der Waals surface area contributed by atoms with E-state index in [0.29, 0.717) is 31.6 Å². The SMILES string of the molecule is CCC(C)CCCCCCCCC(=O)O[C@H](COC(=O)CCCCCCCCCCCCCCC(C)C)COP(=O)(O)OC[C@@H](O)COP(=O)(O)OC[C@@H](COC(=O)CCCCCCCCC(C)C)OC(=O)CCCCCCCCC(C)CC. The maximum atomic E-state index is 13.0. The van der Waals surface area contributed by atoms with Crippen molar-refractivity contribution in [2.45, 2.75) is 331 Å². The minimum atomic E-state index is -4.95. The number of hydrogen-bond acceptors (Lipinski definition) is 15. The Morgan fingerprint density at radius 2 is 0.571 bits per heavy atom. The number of phosphoric acid groups is 2. The van der Waals surface area contributed by atoms with Crippen LogP contribution in [0.2, 0.25) is 0 Å². The number of ether oxygens (including phenoxy) is 4. The highest BCUT2D eigenvalue weighted by atomic mass is 31.2. The molecule has 0 saturated carbocycles. The topological polar surface area (TPSA) is 237 Å². The van der Waals surface area contributed by atoms with Gasteiger partial charge in [0.1, 0.15) is 19.3 Å². The molecule has 0 rings (SSSR count). The zero-order valence-electron chi connectivity index (χ0n) is 54.5. The van der Waals surface area contributed by atoms with E-state index in [0.717, 1.165) is 114 Å². The minimum absolute atomic E-state index is 0.101. The molecular weight excluding hydrogens is 1110 g/mol. The van der Waals surface area contributed by atoms with Gasteiger partial charge in [-0.25, -0.2) is 9.13 Å². The second-order valence-corrected chi connectivity index (χ2v) is 27.8. The third kappa shape index (κ3) is 56.6. The maximum absolute atomic E-state index is 13.0. The van der Waals surface area contributed by atoms with Gasteiger partial charge in [-0.05, 0) is 49.4 Å². The number of hydrogen-bond donors (Lipinski definition) is 3. The van der Waals surface area contributed by atoms with E-state index in [1.807, 2.05) is 0 Å². The van der Waals surface area contributed by atoms with Crippen LogP contribution in [0.5, 0.6) is 0 Å². The molecule has 3 N–H and O–H groups in total. The van der Waals surface area contributed by atoms with Crippen LogP contribution in [0, 0.1) is 23.7 Å². The molecule has 0 heterocycles. The van der Waals surface area contributed by atoms with Crippen LogP contribution in [-0.2, 0) is 65.4 Å². The molecule has 0 aromatic rings. The number of aliphatic hydroxyl groups is 1. The molecule has 0 amide bonds. The standard InChI is InChI=1S/C65H126O17P2/c1-9-57(7)43-35-27-20-23-31-39-47-64(69)81-60(51-75-62(67)45-37-29-18-16-14-12-11-13-15-17-25-33-41-55(3)4)53-79-83(71,72)77-49-59(66)50-78-84(73,74)80-54-61(52-76-63(68)46-38-30-22-19-26-34-42-56(5)6)82-65(70)48-40-32-24-21-28-36-44-58(8)10-2/h55-61,66H,9-54H2,1-8H3,(H,71,72)(H,73,74)/t57?,58?,59-,60-,61-/m1/s1. The smallest absolute Gasteiger partial charge is 0.462 e. The lowest BCUT2D eigenvalue weighted by atomic mass is 10.00. The average molecular weight is 1240 g/mol. The van der Waals surface area contributed by atoms with Gasteiger partial charge in [0.25, 0.3) is 0 Å². The Morgan fingerprint density at radius 1 is 0.333 bits per heavy atom. The summed E-state index contributed by atoms with van der Waals surface area (Å²) in [7, 11) is -9.89. The summed E-state index contributed by atoms with van der Waals surface area (Å²) in [6.45, 7) is 13.9. The van der Waals surface area contributed by atoms with E-state index in [1.165, 1.54) is 109 Å². The van der Waals surface area contributed by atoms with Crippen LogP contribution in [-0.4, -0.2) is 96.7 Å². The van der Waals surface area contributed by atoms with Crippen LogP contribution in [0.3, 0.4) is 0 Å². The van der Waals surface area contributed by atoms with Crippen molar-refractivity contribution in [2.24, 2.45) is 23.7 Å². The molecule has 498 valence electrons. The van der Waals surface area contributed by atoms with E-state index in [9.17, 15) is 43.2 Å². The first-order valence-electron chi connectivity index (χ1n) is 33.8. The van der Waals surface area contributed by atoms with Crippen molar-refractivity contribution in [2.75, 3.05) is 39.6 Å². The van der Waals surface area contributed by atoms with Crippen molar-refractivity contribution in [3.05, 3.63) is 0 Å². The van der Waals surface area contributed by atoms with Gasteiger partial charge in [0.2, 0.25) is 0 Å². The molecule has 0 aliphatic heterocycles. The Hall–Kier alpha value is -1.94. The number of carbonyl (C=O) groups is 4. The Kier molecular flexibility index (Phi) is 53.9. The van der Waals surface area contributed by atoms with E-state index in [1.54, 1.807) is 0 Å². The number of carbonyl (C=O) groups excluding carboxylic acids is 4. The molecular formula is C65H126O17P2. The van der Waals surface area contributed by atoms with Crippen LogP contribution in [0.25, 0.3) is 0 Å². The molecule has 0 bridgehead atoms. The van der Waals surface area contributed by atoms with Crippen molar-refractivity contribution in [3.63, 3.8) is 0 Å². The van der Waals surface area contributed by atoms with Crippen LogP contribution >= 0.6 is 15.6 Å². The van der Waals surface area contributed by atoms with Gasteiger partial charge in [-0.3, -0.25) is 37.3 Å². The monoisotopic (exact) mass is 1240 g/mol. The Balaban J connectivity index is 5.23. The van der Waals surface area contributed by atoms with Crippen molar-refractivity contribution in [1.29, 1.82) is 0 Å². The van der Waals surface area contributed by atoms with Gasteiger partial charge < -0.3 is 33.8 Å². The lowest BCUT2D eigenvalue weighted by molar-refractivity contribution is -0.161. The van der Waals surface area contributed by atoms with Gasteiger partial charge in [-0.1, -0.05) is 261 Å². The van der Waals surface area contributed by atoms with Crippen LogP contribution < -0.4 is 0 Å². The number of rotatable bonds is 62. The summed E-state index contributed by atoms with van der Waals surface area (Å²) in [6.07, 6.45) is 35.1. The molecule has 0 radical (unpaired) electrons. The zero-order chi connectivity index (χ0) is 62.5. The summed E-state index contributed by atoms with van der Waals surface area (Å²) in [4.78, 5) is 72.2. The fourth-order valence-electron chi connectivity index (χ4n) is 9.54. The molecule has 0 aromatic heterocycles. The summed E-state index contributed by atoms with van der Waals surface area (Å²) in [5.41, 5.74) is 0. The van der Waals surface area contributed by atoms with Crippen molar-refractivity contribution in [1.82, 2.24) is 0 Å². The highest BCUT2D eigenvalue weighted by Crippen LogP contribution is 2.45. The number of aliphatic hydroxyl groups excluding tert-OH is 1. The quantitative estimate of drug-likeness (QED) is 0.0222. The molecule has 0 saturated heterocycles. The molecule has 0 aromatic carbocycles. The predicted molar refractivity (Wildman–Crippen MR) is 335 cm³/mol. The molecule has 0 fully saturated rings. The van der Waals surface area contributed by atoms with Gasteiger partial charge in [0.05, 0.1) is 26.4 Å². The highest BCUT2D eigenvalue weighted by Gasteiger charge is 2.30. The normalized spacial score (nSPS) is 15.1. The van der Waals surface area contributed by atoms with E-state index >= 15 is 0 Å². The third-order valence-corrected chi connectivity index (χ3v) is 17.4. The van der Waals surface area contributed by atoms with Gasteiger partial charge in [-0.15, -0.1) is 0 Å². The van der Waals surface area contributed by atoms with Crippen LogP contribution in [0.15, 0.2) is 0 Å². The Morgan fingerprint density at radius 3 is 0.845 bits per heavy atom. The fraction of sp³-hybridized carbons (Fsp3) is 0.938. The molecule has 0 aliphatic carbocycles. The van der Waals surface area contributed by atoms with Gasteiger partial charge >= 0.3 is 39.5 Å². The summed E-state index contributed by atoms with van der Waals surface area (Å²) in [6, 6.07) is 0. The molecule has 17 nitrogen and oxygen atoms in total. The van der Waals surface area contributed by atoms with E-state index < -0.39 is 97.5 Å². The second kappa shape index (κ2) is 55.2. The van der Waals surface area contributed by atoms with E-state index in [4.69, 9.17) is 37.0 Å².